The van der Waals surface area contributed by atoms with Gasteiger partial charge in [0.25, 0.3) is 0 Å². The van der Waals surface area contributed by atoms with E-state index >= 15 is 0 Å². The van der Waals surface area contributed by atoms with Crippen molar-refractivity contribution in [2.24, 2.45) is 0 Å². The molecule has 2 heterocycles. The first kappa shape index (κ1) is 20.4. The van der Waals surface area contributed by atoms with Crippen LogP contribution in [0.15, 0.2) is 53.4 Å². The third-order valence-electron chi connectivity index (χ3n) is 5.09. The Balaban J connectivity index is 1.32. The van der Waals surface area contributed by atoms with Gasteiger partial charge in [-0.05, 0) is 54.3 Å². The fourth-order valence-corrected chi connectivity index (χ4v) is 4.96. The van der Waals surface area contributed by atoms with Crippen LogP contribution in [0.3, 0.4) is 0 Å². The Morgan fingerprint density at radius 2 is 1.70 bits per heavy atom. The molecular formula is C22H24N2O5S. The van der Waals surface area contributed by atoms with Gasteiger partial charge in [0.05, 0.1) is 4.90 Å². The zero-order chi connectivity index (χ0) is 21.0. The second kappa shape index (κ2) is 8.89. The molecule has 2 aliphatic rings. The Bertz CT molecular complexity index is 1040. The fraction of sp³-hybridized carbons (Fsp3) is 0.318. The Morgan fingerprint density at radius 3 is 2.43 bits per heavy atom. The van der Waals surface area contributed by atoms with Crippen molar-refractivity contribution < 1.29 is 22.7 Å². The van der Waals surface area contributed by atoms with E-state index in [4.69, 9.17) is 9.47 Å². The molecule has 0 radical (unpaired) electrons. The molecule has 1 saturated heterocycles. The number of hydrogen-bond acceptors (Lipinski definition) is 5. The summed E-state index contributed by atoms with van der Waals surface area (Å²) in [4.78, 5) is 12.4. The lowest BCUT2D eigenvalue weighted by atomic mass is 10.1. The van der Waals surface area contributed by atoms with Crippen molar-refractivity contribution in [2.75, 3.05) is 26.3 Å². The summed E-state index contributed by atoms with van der Waals surface area (Å²) in [5.74, 6) is 1.14. The summed E-state index contributed by atoms with van der Waals surface area (Å²) in [6.07, 6.45) is 4.98. The minimum atomic E-state index is -3.42. The average Bonchev–Trinajstić information content (AvgIpc) is 3.32. The summed E-state index contributed by atoms with van der Waals surface area (Å²) >= 11 is 0. The Morgan fingerprint density at radius 1 is 1.00 bits per heavy atom. The van der Waals surface area contributed by atoms with Gasteiger partial charge in [0.1, 0.15) is 13.2 Å². The highest BCUT2D eigenvalue weighted by atomic mass is 32.2. The van der Waals surface area contributed by atoms with Gasteiger partial charge >= 0.3 is 0 Å². The van der Waals surface area contributed by atoms with Gasteiger partial charge in [-0.1, -0.05) is 18.2 Å². The van der Waals surface area contributed by atoms with Gasteiger partial charge in [-0.3, -0.25) is 4.79 Å². The smallest absolute Gasteiger partial charge is 0.244 e. The van der Waals surface area contributed by atoms with Gasteiger partial charge in [-0.15, -0.1) is 0 Å². The lowest BCUT2D eigenvalue weighted by Gasteiger charge is -2.18. The van der Waals surface area contributed by atoms with Crippen LogP contribution in [0.4, 0.5) is 0 Å². The van der Waals surface area contributed by atoms with E-state index in [0.717, 1.165) is 24.0 Å². The molecule has 2 aromatic carbocycles. The standard InChI is InChI=1S/C22H24N2O5S/c25-22(10-6-17-5-9-20-21(15-17)29-14-13-28-20)23-16-18-3-7-19(8-4-18)30(26,27)24-11-1-2-12-24/h3-10,15H,1-2,11-14,16H2,(H,23,25)/b10-6-. The number of ether oxygens (including phenoxy) is 2. The number of carbonyl (C=O) groups excluding carboxylic acids is 1. The van der Waals surface area contributed by atoms with Crippen LogP contribution in [0.5, 0.6) is 11.5 Å². The maximum absolute atomic E-state index is 12.6. The Hall–Kier alpha value is -2.84. The monoisotopic (exact) mass is 428 g/mol. The first-order valence-corrected chi connectivity index (χ1v) is 11.4. The number of amides is 1. The predicted molar refractivity (Wildman–Crippen MR) is 113 cm³/mol. The van der Waals surface area contributed by atoms with E-state index in [9.17, 15) is 13.2 Å². The molecule has 30 heavy (non-hydrogen) atoms. The highest BCUT2D eigenvalue weighted by Crippen LogP contribution is 2.31. The van der Waals surface area contributed by atoms with Crippen LogP contribution < -0.4 is 14.8 Å². The van der Waals surface area contributed by atoms with E-state index in [1.54, 1.807) is 30.3 Å². The maximum Gasteiger partial charge on any atom is 0.244 e. The summed E-state index contributed by atoms with van der Waals surface area (Å²) in [5.41, 5.74) is 1.67. The van der Waals surface area contributed by atoms with Gasteiger partial charge in [-0.25, -0.2) is 8.42 Å². The van der Waals surface area contributed by atoms with Gasteiger partial charge in [0, 0.05) is 25.7 Å². The van der Waals surface area contributed by atoms with E-state index in [1.165, 1.54) is 10.4 Å². The van der Waals surface area contributed by atoms with Crippen molar-refractivity contribution >= 4 is 22.0 Å². The van der Waals surface area contributed by atoms with Gasteiger partial charge in [0.2, 0.25) is 15.9 Å². The van der Waals surface area contributed by atoms with E-state index < -0.39 is 10.0 Å². The molecule has 4 rings (SSSR count). The minimum Gasteiger partial charge on any atom is -0.486 e. The van der Waals surface area contributed by atoms with E-state index in [1.807, 2.05) is 18.2 Å². The summed E-state index contributed by atoms with van der Waals surface area (Å²) in [6, 6.07) is 12.2. The largest absolute Gasteiger partial charge is 0.486 e. The zero-order valence-corrected chi connectivity index (χ0v) is 17.4. The Kier molecular flexibility index (Phi) is 6.06. The number of carbonyl (C=O) groups is 1. The van der Waals surface area contributed by atoms with Crippen LogP contribution in [0, 0.1) is 0 Å². The normalized spacial score (nSPS) is 16.7. The van der Waals surface area contributed by atoms with Crippen LogP contribution in [0.2, 0.25) is 0 Å². The molecule has 0 unspecified atom stereocenters. The summed E-state index contributed by atoms with van der Waals surface area (Å²) in [7, 11) is -3.42. The molecule has 2 aromatic rings. The lowest BCUT2D eigenvalue weighted by Crippen LogP contribution is -2.27. The second-order valence-corrected chi connectivity index (χ2v) is 9.15. The quantitative estimate of drug-likeness (QED) is 0.715. The molecule has 1 amide bonds. The van der Waals surface area contributed by atoms with Crippen LogP contribution in [0.1, 0.15) is 24.0 Å². The molecule has 158 valence electrons. The number of benzene rings is 2. The van der Waals surface area contributed by atoms with Crippen LogP contribution in [-0.4, -0.2) is 44.9 Å². The fourth-order valence-electron chi connectivity index (χ4n) is 3.44. The molecule has 0 aromatic heterocycles. The molecule has 0 aliphatic carbocycles. The molecule has 7 nitrogen and oxygen atoms in total. The van der Waals surface area contributed by atoms with Crippen LogP contribution >= 0.6 is 0 Å². The predicted octanol–water partition coefficient (Wildman–Crippen LogP) is 2.57. The highest BCUT2D eigenvalue weighted by Gasteiger charge is 2.26. The third kappa shape index (κ3) is 4.66. The SMILES string of the molecule is O=C(/C=C\c1ccc2c(c1)OCCO2)NCc1ccc(S(=O)(=O)N2CCCC2)cc1. The van der Waals surface area contributed by atoms with E-state index in [-0.39, 0.29) is 10.8 Å². The average molecular weight is 429 g/mol. The van der Waals surface area contributed by atoms with Crippen molar-refractivity contribution in [3.05, 3.63) is 59.7 Å². The van der Waals surface area contributed by atoms with Gasteiger partial charge in [0.15, 0.2) is 11.5 Å². The van der Waals surface area contributed by atoms with Crippen molar-refractivity contribution in [1.29, 1.82) is 0 Å². The molecule has 1 N–H and O–H groups in total. The molecule has 8 heteroatoms. The van der Waals surface area contributed by atoms with Crippen molar-refractivity contribution in [1.82, 2.24) is 9.62 Å². The number of sulfonamides is 1. The van der Waals surface area contributed by atoms with Crippen molar-refractivity contribution in [3.63, 3.8) is 0 Å². The first-order chi connectivity index (χ1) is 14.5. The van der Waals surface area contributed by atoms with Crippen LogP contribution in [0.25, 0.3) is 6.08 Å². The maximum atomic E-state index is 12.6. The minimum absolute atomic E-state index is 0.237. The van der Waals surface area contributed by atoms with Crippen molar-refractivity contribution in [3.8, 4) is 11.5 Å². The number of hydrogen-bond donors (Lipinski definition) is 1. The molecule has 1 fully saturated rings. The summed E-state index contributed by atoms with van der Waals surface area (Å²) in [6.45, 7) is 2.52. The van der Waals surface area contributed by atoms with Crippen LogP contribution in [-0.2, 0) is 21.4 Å². The van der Waals surface area contributed by atoms with Gasteiger partial charge < -0.3 is 14.8 Å². The van der Waals surface area contributed by atoms with Crippen molar-refractivity contribution in [2.45, 2.75) is 24.3 Å². The molecule has 2 aliphatic heterocycles. The summed E-state index contributed by atoms with van der Waals surface area (Å²) in [5, 5.41) is 2.80. The highest BCUT2D eigenvalue weighted by molar-refractivity contribution is 7.89. The molecule has 0 atom stereocenters. The molecule has 0 spiro atoms. The van der Waals surface area contributed by atoms with E-state index in [2.05, 4.69) is 5.32 Å². The van der Waals surface area contributed by atoms with Gasteiger partial charge in [-0.2, -0.15) is 4.31 Å². The third-order valence-corrected chi connectivity index (χ3v) is 7.00. The Labute approximate surface area is 176 Å². The number of fused-ring (bicyclic) bond motifs is 1. The molecule has 0 bridgehead atoms. The lowest BCUT2D eigenvalue weighted by molar-refractivity contribution is -0.116. The topological polar surface area (TPSA) is 84.9 Å². The number of nitrogens with zero attached hydrogens (tertiary/aromatic N) is 1. The zero-order valence-electron chi connectivity index (χ0n) is 16.5. The van der Waals surface area contributed by atoms with E-state index in [0.29, 0.717) is 44.3 Å². The molecular weight excluding hydrogens is 404 g/mol. The first-order valence-electron chi connectivity index (χ1n) is 9.97. The number of rotatable bonds is 6. The number of nitrogens with one attached hydrogen (secondary N) is 1. The second-order valence-electron chi connectivity index (χ2n) is 7.21. The molecule has 0 saturated carbocycles. The summed E-state index contributed by atoms with van der Waals surface area (Å²) < 4.78 is 37.6.